The number of anilines is 1. The first-order valence-electron chi connectivity index (χ1n) is 9.82. The first-order valence-corrected chi connectivity index (χ1v) is 10.6. The lowest BCUT2D eigenvalue weighted by Gasteiger charge is -2.29. The van der Waals surface area contributed by atoms with Crippen LogP contribution in [-0.4, -0.2) is 26.2 Å². The molecule has 8 heteroatoms. The molecule has 2 unspecified atom stereocenters. The fourth-order valence-electron chi connectivity index (χ4n) is 3.53. The van der Waals surface area contributed by atoms with Gasteiger partial charge in [0.05, 0.1) is 35.5 Å². The Kier molecular flexibility index (Phi) is 7.48. The van der Waals surface area contributed by atoms with Gasteiger partial charge in [0.2, 0.25) is 0 Å². The number of nitrogens with zero attached hydrogens (tertiary/aromatic N) is 1. The predicted octanol–water partition coefficient (Wildman–Crippen LogP) is 5.70. The number of para-hydroxylation sites is 1. The van der Waals surface area contributed by atoms with Crippen molar-refractivity contribution < 1.29 is 23.8 Å². The van der Waals surface area contributed by atoms with Crippen molar-refractivity contribution in [3.63, 3.8) is 0 Å². The number of esters is 2. The highest BCUT2D eigenvalue weighted by molar-refractivity contribution is 6.43. The summed E-state index contributed by atoms with van der Waals surface area (Å²) >= 11 is 12.5. The van der Waals surface area contributed by atoms with Gasteiger partial charge in [-0.3, -0.25) is 4.79 Å². The van der Waals surface area contributed by atoms with Crippen molar-refractivity contribution in [3.8, 4) is 5.75 Å². The van der Waals surface area contributed by atoms with Gasteiger partial charge in [-0.2, -0.15) is 0 Å². The van der Waals surface area contributed by atoms with Gasteiger partial charge in [-0.25, -0.2) is 4.79 Å². The van der Waals surface area contributed by atoms with Crippen LogP contribution in [0.15, 0.2) is 66.0 Å². The highest BCUT2D eigenvalue weighted by Gasteiger charge is 2.36. The number of methoxy groups -OCH3 is 2. The Balaban J connectivity index is 1.98. The summed E-state index contributed by atoms with van der Waals surface area (Å²) in [6, 6.07) is 12.4. The van der Waals surface area contributed by atoms with E-state index in [2.05, 4.69) is 0 Å². The summed E-state index contributed by atoms with van der Waals surface area (Å²) in [6.07, 6.45) is 2.61. The number of rotatable bonds is 6. The quantitative estimate of drug-likeness (QED) is 0.499. The lowest BCUT2D eigenvalue weighted by Crippen LogP contribution is -2.31. The predicted molar refractivity (Wildman–Crippen MR) is 124 cm³/mol. The summed E-state index contributed by atoms with van der Waals surface area (Å²) < 4.78 is 16.0. The van der Waals surface area contributed by atoms with Gasteiger partial charge < -0.3 is 19.1 Å². The summed E-state index contributed by atoms with van der Waals surface area (Å²) in [5.74, 6) is -1.54. The fraction of sp³-hybridized carbons (Fsp3) is 0.250. The maximum Gasteiger partial charge on any atom is 0.337 e. The Morgan fingerprint density at radius 1 is 1.03 bits per heavy atom. The summed E-state index contributed by atoms with van der Waals surface area (Å²) in [5, 5.41) is 0.689. The van der Waals surface area contributed by atoms with Gasteiger partial charge in [-0.15, -0.1) is 0 Å². The van der Waals surface area contributed by atoms with Crippen molar-refractivity contribution in [2.75, 3.05) is 19.1 Å². The third-order valence-corrected chi connectivity index (χ3v) is 5.94. The van der Waals surface area contributed by atoms with E-state index < -0.39 is 24.0 Å². The second-order valence-electron chi connectivity index (χ2n) is 7.18. The number of carbonyl (C=O) groups excluding carboxylic acids is 2. The minimum atomic E-state index is -0.911. The zero-order chi connectivity index (χ0) is 23.4. The smallest absolute Gasteiger partial charge is 0.337 e. The van der Waals surface area contributed by atoms with Crippen molar-refractivity contribution in [3.05, 3.63) is 81.6 Å². The number of benzene rings is 2. The molecule has 0 amide bonds. The Hall–Kier alpha value is -2.96. The van der Waals surface area contributed by atoms with Crippen LogP contribution < -0.4 is 9.64 Å². The van der Waals surface area contributed by atoms with Crippen LogP contribution in [0.2, 0.25) is 10.0 Å². The molecule has 1 aliphatic heterocycles. The molecule has 0 bridgehead atoms. The molecule has 168 valence electrons. The molecule has 1 aliphatic rings. The van der Waals surface area contributed by atoms with Gasteiger partial charge in [-0.05, 0) is 37.6 Å². The highest BCUT2D eigenvalue weighted by Crippen LogP contribution is 2.38. The van der Waals surface area contributed by atoms with E-state index in [9.17, 15) is 9.59 Å². The topological polar surface area (TPSA) is 65.1 Å². The minimum Gasteiger partial charge on any atom is -0.496 e. The molecule has 0 aromatic heterocycles. The third kappa shape index (κ3) is 4.76. The SMILES string of the molecule is COC(=O)C1C(C)=CN(c2cccc(Cl)c2Cl)C=C1C(=O)OC(C)c1ccccc1OC. The van der Waals surface area contributed by atoms with E-state index in [0.29, 0.717) is 32.6 Å². The zero-order valence-corrected chi connectivity index (χ0v) is 19.6. The number of halogens is 2. The molecule has 1 heterocycles. The van der Waals surface area contributed by atoms with E-state index in [1.54, 1.807) is 56.3 Å². The maximum absolute atomic E-state index is 13.2. The molecule has 6 nitrogen and oxygen atoms in total. The minimum absolute atomic E-state index is 0.120. The van der Waals surface area contributed by atoms with Gasteiger partial charge >= 0.3 is 11.9 Å². The van der Waals surface area contributed by atoms with E-state index in [1.807, 2.05) is 18.2 Å². The molecule has 2 aromatic carbocycles. The molecule has 0 aliphatic carbocycles. The molecular formula is C24H23Cl2NO5. The maximum atomic E-state index is 13.2. The van der Waals surface area contributed by atoms with Crippen molar-refractivity contribution in [1.29, 1.82) is 0 Å². The molecule has 0 spiro atoms. The lowest BCUT2D eigenvalue weighted by molar-refractivity contribution is -0.149. The standard InChI is InChI=1S/C24H23Cl2NO5/c1-14-12-27(19-10-7-9-18(25)22(19)26)13-17(21(14)24(29)31-4)23(28)32-15(2)16-8-5-6-11-20(16)30-3/h5-13,15,21H,1-4H3. The summed E-state index contributed by atoms with van der Waals surface area (Å²) in [7, 11) is 2.82. The second-order valence-corrected chi connectivity index (χ2v) is 7.97. The number of carbonyl (C=O) groups is 2. The van der Waals surface area contributed by atoms with Crippen LogP contribution in [0.5, 0.6) is 5.75 Å². The molecule has 2 atom stereocenters. The summed E-state index contributed by atoms with van der Waals surface area (Å²) in [4.78, 5) is 27.4. The molecule has 0 saturated heterocycles. The first kappa shape index (κ1) is 23.7. The van der Waals surface area contributed by atoms with Crippen LogP contribution in [0.1, 0.15) is 25.5 Å². The van der Waals surface area contributed by atoms with Crippen LogP contribution in [0, 0.1) is 5.92 Å². The van der Waals surface area contributed by atoms with Crippen LogP contribution in [0.3, 0.4) is 0 Å². The highest BCUT2D eigenvalue weighted by atomic mass is 35.5. The van der Waals surface area contributed by atoms with Crippen molar-refractivity contribution in [2.24, 2.45) is 5.92 Å². The third-order valence-electron chi connectivity index (χ3n) is 5.13. The van der Waals surface area contributed by atoms with Crippen molar-refractivity contribution >= 4 is 40.8 Å². The van der Waals surface area contributed by atoms with Crippen LogP contribution in [-0.2, 0) is 19.1 Å². The van der Waals surface area contributed by atoms with Crippen molar-refractivity contribution in [2.45, 2.75) is 20.0 Å². The van der Waals surface area contributed by atoms with Gasteiger partial charge in [0.25, 0.3) is 0 Å². The number of ether oxygens (including phenoxy) is 3. The van der Waals surface area contributed by atoms with E-state index in [-0.39, 0.29) is 5.57 Å². The van der Waals surface area contributed by atoms with E-state index >= 15 is 0 Å². The van der Waals surface area contributed by atoms with Gasteiger partial charge in [0.1, 0.15) is 17.8 Å². The van der Waals surface area contributed by atoms with E-state index in [4.69, 9.17) is 37.4 Å². The summed E-state index contributed by atoms with van der Waals surface area (Å²) in [6.45, 7) is 3.47. The van der Waals surface area contributed by atoms with Gasteiger partial charge in [0, 0.05) is 18.0 Å². The van der Waals surface area contributed by atoms with Crippen LogP contribution in [0.25, 0.3) is 0 Å². The summed E-state index contributed by atoms with van der Waals surface area (Å²) in [5.41, 5.74) is 1.98. The average molecular weight is 476 g/mol. The molecule has 0 fully saturated rings. The molecular weight excluding hydrogens is 453 g/mol. The number of hydrogen-bond donors (Lipinski definition) is 0. The van der Waals surface area contributed by atoms with E-state index in [0.717, 1.165) is 0 Å². The monoisotopic (exact) mass is 475 g/mol. The molecule has 0 saturated carbocycles. The Bertz CT molecular complexity index is 1100. The fourth-order valence-corrected chi connectivity index (χ4v) is 3.92. The van der Waals surface area contributed by atoms with Crippen LogP contribution >= 0.6 is 23.2 Å². The molecule has 0 radical (unpaired) electrons. The van der Waals surface area contributed by atoms with Gasteiger partial charge in [-0.1, -0.05) is 47.5 Å². The Labute approximate surface area is 197 Å². The molecule has 3 rings (SSSR count). The first-order chi connectivity index (χ1) is 15.3. The van der Waals surface area contributed by atoms with Gasteiger partial charge in [0.15, 0.2) is 0 Å². The lowest BCUT2D eigenvalue weighted by atomic mass is 9.90. The zero-order valence-electron chi connectivity index (χ0n) is 18.1. The second kappa shape index (κ2) is 10.1. The normalized spacial score (nSPS) is 16.6. The largest absolute Gasteiger partial charge is 0.496 e. The van der Waals surface area contributed by atoms with Crippen molar-refractivity contribution in [1.82, 2.24) is 0 Å². The Morgan fingerprint density at radius 2 is 1.75 bits per heavy atom. The van der Waals surface area contributed by atoms with E-state index in [1.165, 1.54) is 13.3 Å². The number of hydrogen-bond acceptors (Lipinski definition) is 6. The Morgan fingerprint density at radius 3 is 2.44 bits per heavy atom. The average Bonchev–Trinajstić information content (AvgIpc) is 2.79. The molecule has 0 N–H and O–H groups in total. The molecule has 32 heavy (non-hydrogen) atoms. The molecule has 2 aromatic rings. The van der Waals surface area contributed by atoms with Crippen LogP contribution in [0.4, 0.5) is 5.69 Å².